The quantitative estimate of drug-likeness (QED) is 0.309. The summed E-state index contributed by atoms with van der Waals surface area (Å²) in [5.74, 6) is -2.93. The first-order valence-corrected chi connectivity index (χ1v) is 18.8. The minimum atomic E-state index is -4.01. The average molecular weight is 722 g/mol. The smallest absolute Gasteiger partial charge is 0.408 e. The Morgan fingerprint density at radius 2 is 1.80 bits per heavy atom. The Labute approximate surface area is 293 Å². The lowest BCUT2D eigenvalue weighted by molar-refractivity contribution is -0.141. The molecule has 4 N–H and O–H groups in total. The van der Waals surface area contributed by atoms with Crippen LogP contribution in [-0.4, -0.2) is 84.1 Å². The van der Waals surface area contributed by atoms with E-state index < -0.39 is 80.2 Å². The van der Waals surface area contributed by atoms with Crippen LogP contribution in [0.3, 0.4) is 0 Å². The number of carbonyl (C=O) groups excluding carboxylic acids is 5. The Hall–Kier alpha value is -3.65. The number of allylic oxidation sites excluding steroid dienone is 1. The third-order valence-electron chi connectivity index (χ3n) is 9.16. The van der Waals surface area contributed by atoms with E-state index in [9.17, 15) is 32.4 Å². The molecule has 1 unspecified atom stereocenters. The Balaban J connectivity index is 1.65. The van der Waals surface area contributed by atoms with Crippen LogP contribution in [0.15, 0.2) is 36.4 Å². The van der Waals surface area contributed by atoms with E-state index in [-0.39, 0.29) is 32.2 Å². The number of hydrogen-bond acceptors (Lipinski definition) is 8. The molecule has 1 saturated carbocycles. The second-order valence-electron chi connectivity index (χ2n) is 14.2. The van der Waals surface area contributed by atoms with Gasteiger partial charge in [-0.15, -0.1) is 0 Å². The molecule has 49 heavy (non-hydrogen) atoms. The molecule has 0 aromatic heterocycles. The number of benzene rings is 1. The first-order valence-electron chi connectivity index (χ1n) is 16.9. The molecule has 1 saturated heterocycles. The van der Waals surface area contributed by atoms with Crippen LogP contribution < -0.4 is 20.7 Å². The van der Waals surface area contributed by atoms with E-state index in [4.69, 9.17) is 16.3 Å². The summed E-state index contributed by atoms with van der Waals surface area (Å²) in [6.45, 7) is 8.26. The molecule has 2 aliphatic heterocycles. The molecule has 0 spiro atoms. The summed E-state index contributed by atoms with van der Waals surface area (Å²) in [5.41, 5.74) is -2.02. The molecule has 0 radical (unpaired) electrons. The number of amides is 5. The maximum absolute atomic E-state index is 14.2. The third-order valence-corrected chi connectivity index (χ3v) is 11.3. The molecule has 13 nitrogen and oxygen atoms in total. The first kappa shape index (κ1) is 38.2. The molecule has 4 rings (SSSR count). The summed E-state index contributed by atoms with van der Waals surface area (Å²) in [5, 5.41) is 8.01. The van der Waals surface area contributed by atoms with Crippen LogP contribution in [0.1, 0.15) is 96.3 Å². The lowest BCUT2D eigenvalue weighted by Gasteiger charge is -2.30. The van der Waals surface area contributed by atoms with Crippen molar-refractivity contribution in [2.75, 3.05) is 6.54 Å². The van der Waals surface area contributed by atoms with Crippen molar-refractivity contribution in [3.8, 4) is 0 Å². The Morgan fingerprint density at radius 3 is 2.45 bits per heavy atom. The standard InChI is InChI=1S/C34H48ClN5O8S/c1-6-21(2)49(46,47)39-31(44)34-19-23(34)12-10-8-7-9-11-13-26(37-32(45)48-33(3,4)5)30(43)40-20-25(18-27(40)29(42)38-34)36-28(41)22-14-16-24(35)17-15-22/h10,12,14-17,21,23,25-27H,6-9,11,13,18-20H2,1-5H3,(H,36,41)(H,37,45)(H,38,42)(H,39,44)/b12-10-/t21?,23-,25-,26+,27+,34-/m1/s1. The van der Waals surface area contributed by atoms with Gasteiger partial charge in [0, 0.05) is 29.1 Å². The highest BCUT2D eigenvalue weighted by Gasteiger charge is 2.61. The van der Waals surface area contributed by atoms with Crippen molar-refractivity contribution < 1.29 is 37.1 Å². The van der Waals surface area contributed by atoms with Gasteiger partial charge in [-0.1, -0.05) is 43.5 Å². The summed E-state index contributed by atoms with van der Waals surface area (Å²) < 4.78 is 33.3. The van der Waals surface area contributed by atoms with Gasteiger partial charge in [-0.05, 0) is 90.5 Å². The van der Waals surface area contributed by atoms with Gasteiger partial charge >= 0.3 is 6.09 Å². The number of halogens is 1. The van der Waals surface area contributed by atoms with Crippen molar-refractivity contribution in [2.45, 2.75) is 121 Å². The normalized spacial score (nSPS) is 27.6. The topological polar surface area (TPSA) is 180 Å². The zero-order valence-corrected chi connectivity index (χ0v) is 30.3. The lowest BCUT2D eigenvalue weighted by Crippen LogP contribution is -2.58. The van der Waals surface area contributed by atoms with Crippen molar-refractivity contribution in [1.82, 2.24) is 25.6 Å². The number of sulfonamides is 1. The van der Waals surface area contributed by atoms with Gasteiger partial charge in [0.05, 0.1) is 5.25 Å². The van der Waals surface area contributed by atoms with Crippen molar-refractivity contribution in [3.63, 3.8) is 0 Å². The van der Waals surface area contributed by atoms with E-state index in [1.54, 1.807) is 52.0 Å². The summed E-state index contributed by atoms with van der Waals surface area (Å²) in [4.78, 5) is 69.3. The van der Waals surface area contributed by atoms with Crippen LogP contribution in [0.5, 0.6) is 0 Å². The van der Waals surface area contributed by atoms with Gasteiger partial charge in [0.15, 0.2) is 0 Å². The lowest BCUT2D eigenvalue weighted by atomic mass is 10.0. The molecular formula is C34H48ClN5O8S. The SMILES string of the molecule is CCC(C)S(=O)(=O)NC(=O)[C@@]12C[C@H]1/C=C\CCCCC[C@H](NC(=O)OC(C)(C)C)C(=O)N1C[C@H](NC(=O)c3ccc(Cl)cc3)C[C@H]1C(=O)N2. The molecule has 15 heteroatoms. The van der Waals surface area contributed by atoms with Gasteiger partial charge in [-0.3, -0.25) is 23.9 Å². The van der Waals surface area contributed by atoms with Gasteiger partial charge in [-0.2, -0.15) is 0 Å². The summed E-state index contributed by atoms with van der Waals surface area (Å²) in [6.07, 6.45) is 6.52. The second kappa shape index (κ2) is 15.5. The summed E-state index contributed by atoms with van der Waals surface area (Å²) >= 11 is 5.98. The molecular weight excluding hydrogens is 674 g/mol. The third kappa shape index (κ3) is 9.74. The zero-order valence-electron chi connectivity index (χ0n) is 28.7. The Kier molecular flexibility index (Phi) is 12.1. The van der Waals surface area contributed by atoms with Crippen molar-refractivity contribution in [1.29, 1.82) is 0 Å². The van der Waals surface area contributed by atoms with Crippen LogP contribution in [0.25, 0.3) is 0 Å². The van der Waals surface area contributed by atoms with Crippen molar-refractivity contribution in [2.24, 2.45) is 5.92 Å². The number of nitrogens with one attached hydrogen (secondary N) is 4. The van der Waals surface area contributed by atoms with E-state index >= 15 is 0 Å². The number of carbonyl (C=O) groups is 5. The highest BCUT2D eigenvalue weighted by molar-refractivity contribution is 7.90. The highest BCUT2D eigenvalue weighted by Crippen LogP contribution is 2.45. The largest absolute Gasteiger partial charge is 0.444 e. The molecule has 1 aromatic rings. The predicted molar refractivity (Wildman–Crippen MR) is 184 cm³/mol. The minimum Gasteiger partial charge on any atom is -0.444 e. The molecule has 0 bridgehead atoms. The van der Waals surface area contributed by atoms with Gasteiger partial charge < -0.3 is 25.6 Å². The second-order valence-corrected chi connectivity index (χ2v) is 16.7. The van der Waals surface area contributed by atoms with Crippen LogP contribution in [0, 0.1) is 5.92 Å². The van der Waals surface area contributed by atoms with Gasteiger partial charge in [0.2, 0.25) is 21.8 Å². The van der Waals surface area contributed by atoms with E-state index in [0.717, 1.165) is 12.8 Å². The summed E-state index contributed by atoms with van der Waals surface area (Å²) in [6, 6.07) is 3.44. The van der Waals surface area contributed by atoms with Crippen LogP contribution in [0.2, 0.25) is 5.02 Å². The molecule has 1 aromatic carbocycles. The van der Waals surface area contributed by atoms with Crippen molar-refractivity contribution in [3.05, 3.63) is 47.0 Å². The Morgan fingerprint density at radius 1 is 1.10 bits per heavy atom. The minimum absolute atomic E-state index is 0.0133. The van der Waals surface area contributed by atoms with E-state index in [1.165, 1.54) is 11.8 Å². The maximum atomic E-state index is 14.2. The maximum Gasteiger partial charge on any atom is 0.408 e. The highest BCUT2D eigenvalue weighted by atomic mass is 35.5. The monoisotopic (exact) mass is 721 g/mol. The van der Waals surface area contributed by atoms with E-state index in [1.807, 2.05) is 12.2 Å². The molecule has 3 aliphatic rings. The molecule has 1 aliphatic carbocycles. The molecule has 2 heterocycles. The predicted octanol–water partition coefficient (Wildman–Crippen LogP) is 3.57. The van der Waals surface area contributed by atoms with Crippen molar-refractivity contribution >= 4 is 51.3 Å². The van der Waals surface area contributed by atoms with Gasteiger partial charge in [0.1, 0.15) is 23.2 Å². The molecule has 5 amide bonds. The number of alkyl carbamates (subject to hydrolysis) is 1. The fraction of sp³-hybridized carbons (Fsp3) is 0.618. The number of ether oxygens (including phenoxy) is 1. The van der Waals surface area contributed by atoms with E-state index in [0.29, 0.717) is 23.4 Å². The first-order chi connectivity index (χ1) is 23.0. The fourth-order valence-electron chi connectivity index (χ4n) is 6.08. The number of nitrogens with zero attached hydrogens (tertiary/aromatic N) is 1. The molecule has 270 valence electrons. The number of fused-ring (bicyclic) bond motifs is 2. The molecule has 2 fully saturated rings. The summed E-state index contributed by atoms with van der Waals surface area (Å²) in [7, 11) is -4.01. The number of hydrogen-bond donors (Lipinski definition) is 4. The van der Waals surface area contributed by atoms with E-state index in [2.05, 4.69) is 20.7 Å². The van der Waals surface area contributed by atoms with Gasteiger partial charge in [-0.25, -0.2) is 13.2 Å². The molecule has 6 atom stereocenters. The number of rotatable bonds is 7. The van der Waals surface area contributed by atoms with Crippen LogP contribution >= 0.6 is 11.6 Å². The Bertz CT molecular complexity index is 1560. The van der Waals surface area contributed by atoms with Crippen LogP contribution in [-0.2, 0) is 29.1 Å². The van der Waals surface area contributed by atoms with Crippen LogP contribution in [0.4, 0.5) is 4.79 Å². The zero-order chi connectivity index (χ0) is 36.1. The fourth-order valence-corrected chi connectivity index (χ4v) is 7.29. The van der Waals surface area contributed by atoms with Gasteiger partial charge in [0.25, 0.3) is 11.8 Å². The average Bonchev–Trinajstić information content (AvgIpc) is 3.55.